The fraction of sp³-hybridized carbons (Fsp3) is 0.304. The van der Waals surface area contributed by atoms with Crippen LogP contribution in [0.15, 0.2) is 53.9 Å². The van der Waals surface area contributed by atoms with Crippen molar-refractivity contribution < 1.29 is 14.6 Å². The highest BCUT2D eigenvalue weighted by molar-refractivity contribution is 7.13. The van der Waals surface area contributed by atoms with Crippen LogP contribution in [-0.2, 0) is 12.0 Å². The summed E-state index contributed by atoms with van der Waals surface area (Å²) in [7, 11) is 1.65. The number of amides is 2. The Labute approximate surface area is 186 Å². The smallest absolute Gasteiger partial charge is 0.321 e. The predicted molar refractivity (Wildman–Crippen MR) is 125 cm³/mol. The molecule has 4 N–H and O–H groups in total. The van der Waals surface area contributed by atoms with E-state index in [0.29, 0.717) is 18.2 Å². The molecule has 1 aromatic heterocycles. The lowest BCUT2D eigenvalue weighted by Crippen LogP contribution is -2.28. The largest absolute Gasteiger partial charge is 0.497 e. The molecule has 0 fully saturated rings. The van der Waals surface area contributed by atoms with E-state index in [1.165, 1.54) is 11.3 Å². The van der Waals surface area contributed by atoms with Crippen LogP contribution in [0.1, 0.15) is 30.7 Å². The Balaban J connectivity index is 1.55. The second kappa shape index (κ2) is 10.3. The number of aliphatic hydroxyl groups excluding tert-OH is 1. The number of rotatable bonds is 9. The summed E-state index contributed by atoms with van der Waals surface area (Å²) in [5, 5.41) is 20.1. The van der Waals surface area contributed by atoms with E-state index in [0.717, 1.165) is 28.3 Å². The van der Waals surface area contributed by atoms with Crippen molar-refractivity contribution in [3.8, 4) is 5.75 Å². The molecular weight excluding hydrogens is 412 g/mol. The minimum Gasteiger partial charge on any atom is -0.497 e. The fourth-order valence-corrected chi connectivity index (χ4v) is 3.91. The minimum absolute atomic E-state index is 0.0826. The van der Waals surface area contributed by atoms with Crippen molar-refractivity contribution >= 4 is 28.2 Å². The first-order valence-electron chi connectivity index (χ1n) is 10.0. The number of aromatic nitrogens is 1. The van der Waals surface area contributed by atoms with Gasteiger partial charge in [-0.05, 0) is 35.4 Å². The zero-order valence-corrected chi connectivity index (χ0v) is 18.8. The third-order valence-electron chi connectivity index (χ3n) is 5.02. The number of methoxy groups -OCH3 is 1. The quantitative estimate of drug-likeness (QED) is 0.400. The molecule has 0 bridgehead atoms. The second-order valence-corrected chi connectivity index (χ2v) is 8.40. The lowest BCUT2D eigenvalue weighted by Gasteiger charge is -2.23. The molecule has 3 rings (SSSR count). The van der Waals surface area contributed by atoms with Crippen LogP contribution in [0.2, 0.25) is 0 Å². The molecule has 0 aliphatic rings. The maximum atomic E-state index is 12.3. The number of aliphatic hydroxyl groups is 1. The molecule has 0 saturated carbocycles. The third-order valence-corrected chi connectivity index (χ3v) is 5.78. The first kappa shape index (κ1) is 22.6. The molecule has 8 heteroatoms. The Morgan fingerprint density at radius 3 is 2.48 bits per heavy atom. The topological polar surface area (TPSA) is 95.5 Å². The third kappa shape index (κ3) is 5.96. The Morgan fingerprint density at radius 2 is 1.84 bits per heavy atom. The molecule has 0 radical (unpaired) electrons. The van der Waals surface area contributed by atoms with Gasteiger partial charge in [-0.3, -0.25) is 5.32 Å². The molecule has 0 saturated heterocycles. The van der Waals surface area contributed by atoms with E-state index in [9.17, 15) is 4.79 Å². The molecule has 0 aliphatic carbocycles. The molecule has 0 aliphatic heterocycles. The van der Waals surface area contributed by atoms with Crippen LogP contribution in [-0.4, -0.2) is 36.4 Å². The van der Waals surface area contributed by atoms with Crippen LogP contribution < -0.4 is 20.7 Å². The molecular formula is C23H28N4O3S. The van der Waals surface area contributed by atoms with Crippen LogP contribution in [0, 0.1) is 0 Å². The average molecular weight is 441 g/mol. The number of thiazole rings is 1. The van der Waals surface area contributed by atoms with Crippen LogP contribution in [0.25, 0.3) is 0 Å². The van der Waals surface area contributed by atoms with Crippen LogP contribution in [0.3, 0.4) is 0 Å². The molecule has 0 atom stereocenters. The number of urea groups is 1. The van der Waals surface area contributed by atoms with Gasteiger partial charge in [-0.15, -0.1) is 11.3 Å². The molecule has 2 amide bonds. The minimum atomic E-state index is -0.301. The molecule has 0 unspecified atom stereocenters. The summed E-state index contributed by atoms with van der Waals surface area (Å²) >= 11 is 1.40. The van der Waals surface area contributed by atoms with Crippen molar-refractivity contribution in [2.75, 3.05) is 30.9 Å². The first-order valence-corrected chi connectivity index (χ1v) is 10.9. The molecule has 31 heavy (non-hydrogen) atoms. The molecule has 3 aromatic rings. The van der Waals surface area contributed by atoms with Gasteiger partial charge < -0.3 is 20.5 Å². The Bertz CT molecular complexity index is 985. The molecule has 0 spiro atoms. The normalized spacial score (nSPS) is 11.1. The Morgan fingerprint density at radius 1 is 1.13 bits per heavy atom. The SMILES string of the molecule is COc1ccc(C(C)(C)c2csc(NC(=O)NCc3ccc(NCCO)cc3)n2)cc1. The number of hydrogen-bond acceptors (Lipinski definition) is 6. The van der Waals surface area contributed by atoms with Crippen LogP contribution >= 0.6 is 11.3 Å². The Kier molecular flexibility index (Phi) is 7.49. The number of nitrogens with one attached hydrogen (secondary N) is 3. The second-order valence-electron chi connectivity index (χ2n) is 7.55. The average Bonchev–Trinajstić information content (AvgIpc) is 3.26. The van der Waals surface area contributed by atoms with Crippen LogP contribution in [0.4, 0.5) is 15.6 Å². The van der Waals surface area contributed by atoms with Gasteiger partial charge in [0.05, 0.1) is 19.4 Å². The van der Waals surface area contributed by atoms with Gasteiger partial charge in [-0.1, -0.05) is 38.1 Å². The van der Waals surface area contributed by atoms with Gasteiger partial charge >= 0.3 is 6.03 Å². The summed E-state index contributed by atoms with van der Waals surface area (Å²) in [5.41, 5.74) is 3.61. The van der Waals surface area contributed by atoms with E-state index >= 15 is 0 Å². The van der Waals surface area contributed by atoms with Gasteiger partial charge in [0.1, 0.15) is 5.75 Å². The van der Waals surface area contributed by atoms with Crippen molar-refractivity contribution in [1.29, 1.82) is 0 Å². The monoisotopic (exact) mass is 440 g/mol. The number of carbonyl (C=O) groups is 1. The van der Waals surface area contributed by atoms with E-state index in [1.54, 1.807) is 7.11 Å². The van der Waals surface area contributed by atoms with Crippen molar-refractivity contribution in [2.24, 2.45) is 0 Å². The van der Waals surface area contributed by atoms with Crippen molar-refractivity contribution in [3.05, 3.63) is 70.7 Å². The summed E-state index contributed by atoms with van der Waals surface area (Å²) in [6.45, 7) is 5.20. The van der Waals surface area contributed by atoms with Gasteiger partial charge in [-0.25, -0.2) is 9.78 Å². The standard InChI is InChI=1S/C23H28N4O3S/c1-23(2,17-6-10-19(30-3)11-7-17)20-15-31-22(26-20)27-21(29)25-14-16-4-8-18(9-5-16)24-12-13-28/h4-11,15,24,28H,12-14H2,1-3H3,(H2,25,26,27,29). The van der Waals surface area contributed by atoms with E-state index in [4.69, 9.17) is 9.84 Å². The molecule has 2 aromatic carbocycles. The van der Waals surface area contributed by atoms with Crippen molar-refractivity contribution in [2.45, 2.75) is 25.8 Å². The maximum Gasteiger partial charge on any atom is 0.321 e. The number of carbonyl (C=O) groups excluding carboxylic acids is 1. The number of nitrogens with zero attached hydrogens (tertiary/aromatic N) is 1. The number of anilines is 2. The highest BCUT2D eigenvalue weighted by atomic mass is 32.1. The zero-order chi connectivity index (χ0) is 22.3. The Hall–Kier alpha value is -3.10. The molecule has 164 valence electrons. The van der Waals surface area contributed by atoms with Crippen molar-refractivity contribution in [1.82, 2.24) is 10.3 Å². The summed E-state index contributed by atoms with van der Waals surface area (Å²) < 4.78 is 5.23. The van der Waals surface area contributed by atoms with Crippen LogP contribution in [0.5, 0.6) is 5.75 Å². The van der Waals surface area contributed by atoms with Gasteiger partial charge in [0.25, 0.3) is 0 Å². The molecule has 1 heterocycles. The van der Waals surface area contributed by atoms with Gasteiger partial charge in [-0.2, -0.15) is 0 Å². The predicted octanol–water partition coefficient (Wildman–Crippen LogP) is 4.20. The highest BCUT2D eigenvalue weighted by Gasteiger charge is 2.26. The zero-order valence-electron chi connectivity index (χ0n) is 17.9. The number of ether oxygens (including phenoxy) is 1. The number of hydrogen-bond donors (Lipinski definition) is 4. The van der Waals surface area contributed by atoms with Gasteiger partial charge in [0.2, 0.25) is 0 Å². The van der Waals surface area contributed by atoms with Gasteiger partial charge in [0.15, 0.2) is 5.13 Å². The van der Waals surface area contributed by atoms with E-state index in [1.807, 2.05) is 53.9 Å². The first-order chi connectivity index (χ1) is 14.9. The lowest BCUT2D eigenvalue weighted by molar-refractivity contribution is 0.251. The van der Waals surface area contributed by atoms with E-state index in [-0.39, 0.29) is 18.1 Å². The number of benzene rings is 2. The fourth-order valence-electron chi connectivity index (χ4n) is 3.04. The maximum absolute atomic E-state index is 12.3. The highest BCUT2D eigenvalue weighted by Crippen LogP contribution is 2.34. The summed E-state index contributed by atoms with van der Waals surface area (Å²) in [6, 6.07) is 15.3. The lowest BCUT2D eigenvalue weighted by atomic mass is 9.82. The summed E-state index contributed by atoms with van der Waals surface area (Å²) in [6.07, 6.45) is 0. The summed E-state index contributed by atoms with van der Waals surface area (Å²) in [5.74, 6) is 0.813. The molecule has 7 nitrogen and oxygen atoms in total. The van der Waals surface area contributed by atoms with E-state index in [2.05, 4.69) is 34.8 Å². The van der Waals surface area contributed by atoms with Crippen molar-refractivity contribution in [3.63, 3.8) is 0 Å². The van der Waals surface area contributed by atoms with Gasteiger partial charge in [0, 0.05) is 29.6 Å². The summed E-state index contributed by atoms with van der Waals surface area (Å²) in [4.78, 5) is 16.9. The van der Waals surface area contributed by atoms with E-state index < -0.39 is 0 Å².